The van der Waals surface area contributed by atoms with E-state index < -0.39 is 11.6 Å². The largest absolute Gasteiger partial charge is 0.495 e. The minimum atomic E-state index is -1.04. The Morgan fingerprint density at radius 1 is 1.27 bits per heavy atom. The van der Waals surface area contributed by atoms with Crippen LogP contribution >= 0.6 is 0 Å². The van der Waals surface area contributed by atoms with E-state index in [1.165, 1.54) is 19.2 Å². The lowest BCUT2D eigenvalue weighted by Gasteiger charge is -2.35. The Hall–Kier alpha value is -3.40. The number of hydrogen-bond donors (Lipinski definition) is 2. The van der Waals surface area contributed by atoms with Crippen molar-refractivity contribution in [1.82, 2.24) is 9.97 Å². The fourth-order valence-corrected chi connectivity index (χ4v) is 4.52. The van der Waals surface area contributed by atoms with Crippen LogP contribution in [-0.2, 0) is 9.53 Å². The highest BCUT2D eigenvalue weighted by Gasteiger charge is 2.44. The van der Waals surface area contributed by atoms with Crippen LogP contribution in [0.1, 0.15) is 43.0 Å². The lowest BCUT2D eigenvalue weighted by atomic mass is 10.0. The second-order valence-electron chi connectivity index (χ2n) is 8.61. The maximum Gasteiger partial charge on any atom is 0.335 e. The van der Waals surface area contributed by atoms with Gasteiger partial charge in [-0.05, 0) is 38.0 Å². The van der Waals surface area contributed by atoms with E-state index in [4.69, 9.17) is 14.5 Å². The Bertz CT molecular complexity index is 1070. The van der Waals surface area contributed by atoms with Gasteiger partial charge in [-0.2, -0.15) is 4.98 Å². The van der Waals surface area contributed by atoms with E-state index in [1.807, 2.05) is 0 Å². The quantitative estimate of drug-likeness (QED) is 0.678. The Morgan fingerprint density at radius 2 is 2.00 bits per heavy atom. The highest BCUT2D eigenvalue weighted by atomic mass is 16.5. The SMILES string of the molecule is COc1cc(C(=O)O)ccc1Nc1ncc2c(n1)N(C1CCCC1)CC(C)(OC)C(=O)N2C. The predicted octanol–water partition coefficient (Wildman–Crippen LogP) is 3.06. The van der Waals surface area contributed by atoms with Crippen molar-refractivity contribution >= 4 is 35.0 Å². The normalized spacial score (nSPS) is 21.0. The van der Waals surface area contributed by atoms with Crippen molar-refractivity contribution in [2.24, 2.45) is 0 Å². The number of hydrogen-bond acceptors (Lipinski definition) is 8. The van der Waals surface area contributed by atoms with Crippen molar-refractivity contribution in [3.63, 3.8) is 0 Å². The van der Waals surface area contributed by atoms with E-state index in [-0.39, 0.29) is 17.5 Å². The molecule has 2 aromatic rings. The predicted molar refractivity (Wildman–Crippen MR) is 124 cm³/mol. The Morgan fingerprint density at radius 3 is 2.64 bits per heavy atom. The van der Waals surface area contributed by atoms with Gasteiger partial charge in [-0.1, -0.05) is 12.8 Å². The van der Waals surface area contributed by atoms with Crippen LogP contribution in [0.25, 0.3) is 0 Å². The first kappa shape index (κ1) is 22.8. The Labute approximate surface area is 192 Å². The minimum absolute atomic E-state index is 0.117. The number of carboxylic acids is 1. The van der Waals surface area contributed by atoms with Gasteiger partial charge in [0.15, 0.2) is 11.4 Å². The van der Waals surface area contributed by atoms with Crippen molar-refractivity contribution in [2.75, 3.05) is 42.9 Å². The second kappa shape index (κ2) is 8.86. The van der Waals surface area contributed by atoms with Gasteiger partial charge in [0.2, 0.25) is 5.95 Å². The molecule has 0 spiro atoms. The summed E-state index contributed by atoms with van der Waals surface area (Å²) in [4.78, 5) is 37.4. The molecule has 0 radical (unpaired) electrons. The molecule has 10 nitrogen and oxygen atoms in total. The zero-order chi connectivity index (χ0) is 23.8. The lowest BCUT2D eigenvalue weighted by Crippen LogP contribution is -2.53. The number of aromatic carboxylic acids is 1. The first-order valence-corrected chi connectivity index (χ1v) is 10.9. The Kier molecular flexibility index (Phi) is 6.11. The van der Waals surface area contributed by atoms with Crippen LogP contribution in [0.4, 0.5) is 23.1 Å². The molecule has 2 aliphatic rings. The molecule has 10 heteroatoms. The van der Waals surface area contributed by atoms with Crippen LogP contribution in [-0.4, -0.2) is 66.4 Å². The van der Waals surface area contributed by atoms with Gasteiger partial charge in [0.05, 0.1) is 31.1 Å². The molecule has 1 aromatic heterocycles. The topological polar surface area (TPSA) is 117 Å². The highest BCUT2D eigenvalue weighted by Crippen LogP contribution is 2.39. The third-order valence-electron chi connectivity index (χ3n) is 6.52. The summed E-state index contributed by atoms with van der Waals surface area (Å²) in [6, 6.07) is 4.79. The maximum absolute atomic E-state index is 13.2. The van der Waals surface area contributed by atoms with Crippen LogP contribution in [0.2, 0.25) is 0 Å². The number of benzene rings is 1. The first-order valence-electron chi connectivity index (χ1n) is 10.9. The van der Waals surface area contributed by atoms with Crippen molar-refractivity contribution < 1.29 is 24.2 Å². The first-order chi connectivity index (χ1) is 15.8. The fourth-order valence-electron chi connectivity index (χ4n) is 4.52. The third kappa shape index (κ3) is 4.18. The van der Waals surface area contributed by atoms with Crippen LogP contribution in [0.5, 0.6) is 5.75 Å². The van der Waals surface area contributed by atoms with Crippen LogP contribution in [0.15, 0.2) is 24.4 Å². The number of methoxy groups -OCH3 is 2. The zero-order valence-electron chi connectivity index (χ0n) is 19.3. The molecule has 0 bridgehead atoms. The number of nitrogens with zero attached hydrogens (tertiary/aromatic N) is 4. The van der Waals surface area contributed by atoms with Gasteiger partial charge in [0.25, 0.3) is 5.91 Å². The van der Waals surface area contributed by atoms with Gasteiger partial charge < -0.3 is 29.7 Å². The summed E-state index contributed by atoms with van der Waals surface area (Å²) in [5, 5.41) is 12.4. The number of carbonyl (C=O) groups is 2. The van der Waals surface area contributed by atoms with Crippen LogP contribution in [0.3, 0.4) is 0 Å². The van der Waals surface area contributed by atoms with Crippen LogP contribution < -0.4 is 19.9 Å². The van der Waals surface area contributed by atoms with Gasteiger partial charge in [0.1, 0.15) is 11.4 Å². The number of likely N-dealkylation sites (N-methyl/N-ethyl adjacent to an activating group) is 1. The van der Waals surface area contributed by atoms with Crippen molar-refractivity contribution in [2.45, 2.75) is 44.2 Å². The van der Waals surface area contributed by atoms with E-state index in [0.717, 1.165) is 25.7 Å². The van der Waals surface area contributed by atoms with E-state index in [2.05, 4.69) is 15.2 Å². The number of carbonyl (C=O) groups excluding carboxylic acids is 1. The number of rotatable bonds is 6. The lowest BCUT2D eigenvalue weighted by molar-refractivity contribution is -0.137. The summed E-state index contributed by atoms with van der Waals surface area (Å²) in [6.07, 6.45) is 5.94. The summed E-state index contributed by atoms with van der Waals surface area (Å²) in [5.41, 5.74) is 0.259. The van der Waals surface area contributed by atoms with Gasteiger partial charge in [0, 0.05) is 20.2 Å². The summed E-state index contributed by atoms with van der Waals surface area (Å²) < 4.78 is 11.0. The number of nitrogens with one attached hydrogen (secondary N) is 1. The molecular weight excluding hydrogens is 426 g/mol. The van der Waals surface area contributed by atoms with Crippen molar-refractivity contribution in [3.8, 4) is 5.75 Å². The molecule has 1 aliphatic heterocycles. The molecule has 33 heavy (non-hydrogen) atoms. The number of carboxylic acid groups (broad SMARTS) is 1. The fraction of sp³-hybridized carbons (Fsp3) is 0.478. The zero-order valence-corrected chi connectivity index (χ0v) is 19.3. The smallest absolute Gasteiger partial charge is 0.335 e. The molecule has 1 atom stereocenters. The molecule has 0 saturated heterocycles. The highest BCUT2D eigenvalue weighted by molar-refractivity contribution is 6.02. The van der Waals surface area contributed by atoms with E-state index in [0.29, 0.717) is 35.4 Å². The molecule has 4 rings (SSSR count). The minimum Gasteiger partial charge on any atom is -0.495 e. The second-order valence-corrected chi connectivity index (χ2v) is 8.61. The summed E-state index contributed by atoms with van der Waals surface area (Å²) in [7, 11) is 4.74. The van der Waals surface area contributed by atoms with Gasteiger partial charge in [-0.3, -0.25) is 4.79 Å². The maximum atomic E-state index is 13.2. The summed E-state index contributed by atoms with van der Waals surface area (Å²) >= 11 is 0. The van der Waals surface area contributed by atoms with E-state index in [9.17, 15) is 14.7 Å². The molecule has 176 valence electrons. The number of amides is 1. The number of fused-ring (bicyclic) bond motifs is 1. The molecule has 1 amide bonds. The van der Waals surface area contributed by atoms with E-state index in [1.54, 1.807) is 38.2 Å². The van der Waals surface area contributed by atoms with Gasteiger partial charge in [-0.15, -0.1) is 0 Å². The van der Waals surface area contributed by atoms with Crippen molar-refractivity contribution in [3.05, 3.63) is 30.0 Å². The molecule has 1 aliphatic carbocycles. The molecule has 1 fully saturated rings. The van der Waals surface area contributed by atoms with Crippen LogP contribution in [0, 0.1) is 0 Å². The van der Waals surface area contributed by atoms with Crippen molar-refractivity contribution in [1.29, 1.82) is 0 Å². The number of anilines is 4. The molecule has 1 aromatic carbocycles. The number of aromatic nitrogens is 2. The average molecular weight is 456 g/mol. The molecule has 2 heterocycles. The average Bonchev–Trinajstić information content (AvgIpc) is 3.34. The molecule has 2 N–H and O–H groups in total. The van der Waals surface area contributed by atoms with Gasteiger partial charge >= 0.3 is 5.97 Å². The molecule has 1 unspecified atom stereocenters. The summed E-state index contributed by atoms with van der Waals surface area (Å²) in [5.74, 6) is 0.154. The van der Waals surface area contributed by atoms with E-state index >= 15 is 0 Å². The third-order valence-corrected chi connectivity index (χ3v) is 6.52. The Balaban J connectivity index is 1.75. The number of ether oxygens (including phenoxy) is 2. The molecular formula is C23H29N5O5. The summed E-state index contributed by atoms with van der Waals surface area (Å²) in [6.45, 7) is 2.19. The monoisotopic (exact) mass is 455 g/mol. The van der Waals surface area contributed by atoms with Gasteiger partial charge in [-0.25, -0.2) is 9.78 Å². The molecule has 1 saturated carbocycles. The standard InChI is InChI=1S/C23H29N5O5/c1-23(33-4)13-28(15-7-5-6-8-15)19-17(27(2)21(23)31)12-24-22(26-19)25-16-10-9-14(20(29)30)11-18(16)32-3/h9-12,15H,5-8,13H2,1-4H3,(H,29,30)(H,24,25,26).